The van der Waals surface area contributed by atoms with Crippen LogP contribution in [0.15, 0.2) is 35.4 Å². The lowest BCUT2D eigenvalue weighted by Crippen LogP contribution is -2.24. The monoisotopic (exact) mass is 308 g/mol. The second kappa shape index (κ2) is 6.28. The van der Waals surface area contributed by atoms with Gasteiger partial charge in [0.1, 0.15) is 4.90 Å². The van der Waals surface area contributed by atoms with Crippen molar-refractivity contribution in [2.45, 2.75) is 25.3 Å². The molecule has 0 saturated carbocycles. The van der Waals surface area contributed by atoms with Crippen molar-refractivity contribution in [3.8, 4) is 0 Å². The smallest absolute Gasteiger partial charge is 0.242 e. The molecule has 0 saturated heterocycles. The first kappa shape index (κ1) is 15.5. The van der Waals surface area contributed by atoms with E-state index in [1.54, 1.807) is 29.8 Å². The molecule has 0 atom stereocenters. The summed E-state index contributed by atoms with van der Waals surface area (Å²) in [4.78, 5) is 0.258. The summed E-state index contributed by atoms with van der Waals surface area (Å²) in [6.07, 6.45) is 1.92. The van der Waals surface area contributed by atoms with E-state index in [1.165, 1.54) is 0 Å². The average molecular weight is 308 g/mol. The largest absolute Gasteiger partial charge is 0.380 e. The second-order valence-electron chi connectivity index (χ2n) is 4.76. The van der Waals surface area contributed by atoms with Crippen molar-refractivity contribution < 1.29 is 8.42 Å². The molecule has 1 heterocycles. The number of anilines is 1. The van der Waals surface area contributed by atoms with E-state index < -0.39 is 10.0 Å². The quantitative estimate of drug-likeness (QED) is 0.850. The highest BCUT2D eigenvalue weighted by molar-refractivity contribution is 7.89. The van der Waals surface area contributed by atoms with E-state index in [2.05, 4.69) is 15.1 Å². The van der Waals surface area contributed by atoms with Crippen LogP contribution in [0, 0.1) is 6.92 Å². The van der Waals surface area contributed by atoms with Gasteiger partial charge < -0.3 is 5.32 Å². The average Bonchev–Trinajstić information content (AvgIpc) is 2.75. The Kier molecular flexibility index (Phi) is 4.64. The van der Waals surface area contributed by atoms with Gasteiger partial charge in [0.25, 0.3) is 0 Å². The summed E-state index contributed by atoms with van der Waals surface area (Å²) in [5.74, 6) is 0. The van der Waals surface area contributed by atoms with Gasteiger partial charge >= 0.3 is 0 Å². The zero-order valence-corrected chi connectivity index (χ0v) is 13.2. The lowest BCUT2D eigenvalue weighted by atomic mass is 10.2. The lowest BCUT2D eigenvalue weighted by Gasteiger charge is -2.12. The Morgan fingerprint density at radius 1 is 1.29 bits per heavy atom. The predicted molar refractivity (Wildman–Crippen MR) is 82.6 cm³/mol. The summed E-state index contributed by atoms with van der Waals surface area (Å²) in [5, 5.41) is 7.45. The fourth-order valence-corrected chi connectivity index (χ4v) is 3.35. The Morgan fingerprint density at radius 3 is 2.62 bits per heavy atom. The molecular weight excluding hydrogens is 288 g/mol. The molecule has 0 amide bonds. The maximum atomic E-state index is 12.2. The number of rotatable bonds is 6. The lowest BCUT2D eigenvalue weighted by molar-refractivity contribution is 0.584. The SMILES string of the molecule is CCNS(=O)(=O)c1ccccc1NCc1cn(C)nc1C. The van der Waals surface area contributed by atoms with Crippen molar-refractivity contribution in [2.24, 2.45) is 7.05 Å². The number of para-hydroxylation sites is 1. The van der Waals surface area contributed by atoms with Crippen molar-refractivity contribution in [1.82, 2.24) is 14.5 Å². The molecule has 2 aromatic rings. The van der Waals surface area contributed by atoms with E-state index >= 15 is 0 Å². The van der Waals surface area contributed by atoms with Crippen molar-refractivity contribution in [3.63, 3.8) is 0 Å². The molecule has 21 heavy (non-hydrogen) atoms. The maximum Gasteiger partial charge on any atom is 0.242 e. The number of aromatic nitrogens is 2. The number of hydrogen-bond acceptors (Lipinski definition) is 4. The number of hydrogen-bond donors (Lipinski definition) is 2. The zero-order valence-electron chi connectivity index (χ0n) is 12.4. The van der Waals surface area contributed by atoms with Crippen LogP contribution in [0.4, 0.5) is 5.69 Å². The third kappa shape index (κ3) is 3.62. The molecule has 0 spiro atoms. The summed E-state index contributed by atoms with van der Waals surface area (Å²) >= 11 is 0. The van der Waals surface area contributed by atoms with E-state index in [0.717, 1.165) is 11.3 Å². The summed E-state index contributed by atoms with van der Waals surface area (Å²) in [6.45, 7) is 4.57. The first-order chi connectivity index (χ1) is 9.94. The highest BCUT2D eigenvalue weighted by Crippen LogP contribution is 2.21. The van der Waals surface area contributed by atoms with Gasteiger partial charge in [-0.2, -0.15) is 5.10 Å². The van der Waals surface area contributed by atoms with Gasteiger partial charge in [0.05, 0.1) is 11.4 Å². The molecular formula is C14H20N4O2S. The van der Waals surface area contributed by atoms with E-state index in [9.17, 15) is 8.42 Å². The molecule has 0 radical (unpaired) electrons. The van der Waals surface area contributed by atoms with Gasteiger partial charge in [-0.05, 0) is 19.1 Å². The van der Waals surface area contributed by atoms with Crippen molar-refractivity contribution >= 4 is 15.7 Å². The molecule has 0 bridgehead atoms. The molecule has 114 valence electrons. The van der Waals surface area contributed by atoms with Gasteiger partial charge in [-0.1, -0.05) is 19.1 Å². The summed E-state index contributed by atoms with van der Waals surface area (Å²) in [5.41, 5.74) is 2.55. The van der Waals surface area contributed by atoms with E-state index in [4.69, 9.17) is 0 Å². The van der Waals surface area contributed by atoms with Crippen LogP contribution in [-0.2, 0) is 23.6 Å². The maximum absolute atomic E-state index is 12.2. The molecule has 2 rings (SSSR count). The molecule has 7 heteroatoms. The minimum absolute atomic E-state index is 0.258. The summed E-state index contributed by atoms with van der Waals surface area (Å²) in [6, 6.07) is 6.88. The first-order valence-electron chi connectivity index (χ1n) is 6.75. The number of aryl methyl sites for hydroxylation is 2. The summed E-state index contributed by atoms with van der Waals surface area (Å²) in [7, 11) is -1.62. The van der Waals surface area contributed by atoms with Crippen LogP contribution < -0.4 is 10.0 Å². The van der Waals surface area contributed by atoms with E-state index in [-0.39, 0.29) is 4.90 Å². The fraction of sp³-hybridized carbons (Fsp3) is 0.357. The zero-order chi connectivity index (χ0) is 15.5. The van der Waals surface area contributed by atoms with Gasteiger partial charge in [-0.25, -0.2) is 13.1 Å². The second-order valence-corrected chi connectivity index (χ2v) is 6.50. The normalized spacial score (nSPS) is 11.6. The minimum Gasteiger partial charge on any atom is -0.380 e. The highest BCUT2D eigenvalue weighted by Gasteiger charge is 2.17. The predicted octanol–water partition coefficient (Wildman–Crippen LogP) is 1.64. The number of benzene rings is 1. The molecule has 1 aromatic carbocycles. The van der Waals surface area contributed by atoms with Gasteiger partial charge in [0, 0.05) is 31.9 Å². The molecule has 6 nitrogen and oxygen atoms in total. The van der Waals surface area contributed by atoms with Crippen LogP contribution in [0.1, 0.15) is 18.2 Å². The molecule has 0 unspecified atom stereocenters. The standard InChI is InChI=1S/C14H20N4O2S/c1-4-16-21(19,20)14-8-6-5-7-13(14)15-9-12-10-18(3)17-11(12)2/h5-8,10,15-16H,4,9H2,1-3H3. The Balaban J connectivity index is 2.23. The molecule has 0 fully saturated rings. The number of nitrogens with one attached hydrogen (secondary N) is 2. The fourth-order valence-electron chi connectivity index (χ4n) is 2.13. The Labute approximate surface area is 125 Å². The van der Waals surface area contributed by atoms with E-state index in [0.29, 0.717) is 18.8 Å². The molecule has 2 N–H and O–H groups in total. The van der Waals surface area contributed by atoms with Crippen LogP contribution >= 0.6 is 0 Å². The third-order valence-electron chi connectivity index (χ3n) is 3.10. The van der Waals surface area contributed by atoms with Crippen molar-refractivity contribution in [2.75, 3.05) is 11.9 Å². The topological polar surface area (TPSA) is 76.0 Å². The van der Waals surface area contributed by atoms with Gasteiger partial charge in [0.15, 0.2) is 0 Å². The first-order valence-corrected chi connectivity index (χ1v) is 8.24. The van der Waals surface area contributed by atoms with Gasteiger partial charge in [-0.3, -0.25) is 4.68 Å². The van der Waals surface area contributed by atoms with Gasteiger partial charge in [-0.15, -0.1) is 0 Å². The molecule has 0 aliphatic heterocycles. The summed E-state index contributed by atoms with van der Waals surface area (Å²) < 4.78 is 28.6. The van der Waals surface area contributed by atoms with Crippen LogP contribution in [-0.4, -0.2) is 24.7 Å². The van der Waals surface area contributed by atoms with Gasteiger partial charge in [0.2, 0.25) is 10.0 Å². The van der Waals surface area contributed by atoms with Crippen molar-refractivity contribution in [3.05, 3.63) is 41.7 Å². The Morgan fingerprint density at radius 2 is 2.00 bits per heavy atom. The molecule has 0 aliphatic carbocycles. The molecule has 0 aliphatic rings. The number of sulfonamides is 1. The van der Waals surface area contributed by atoms with Crippen LogP contribution in [0.5, 0.6) is 0 Å². The van der Waals surface area contributed by atoms with Crippen LogP contribution in [0.25, 0.3) is 0 Å². The van der Waals surface area contributed by atoms with E-state index in [1.807, 2.05) is 26.2 Å². The minimum atomic E-state index is -3.48. The Bertz CT molecular complexity index is 722. The molecule has 1 aromatic heterocycles. The van der Waals surface area contributed by atoms with Crippen LogP contribution in [0.3, 0.4) is 0 Å². The Hall–Kier alpha value is -1.86. The van der Waals surface area contributed by atoms with Crippen LogP contribution in [0.2, 0.25) is 0 Å². The number of nitrogens with zero attached hydrogens (tertiary/aromatic N) is 2. The third-order valence-corrected chi connectivity index (χ3v) is 4.70. The van der Waals surface area contributed by atoms with Crippen molar-refractivity contribution in [1.29, 1.82) is 0 Å². The highest BCUT2D eigenvalue weighted by atomic mass is 32.2.